The first-order valence-electron chi connectivity index (χ1n) is 6.77. The first-order valence-corrected chi connectivity index (χ1v) is 7.56. The average molecular weight is 350 g/mol. The molecular formula is C17H20BrNO2. The Labute approximate surface area is 134 Å². The molecule has 2 aromatic rings. The molecule has 21 heavy (non-hydrogen) atoms. The number of nitrogens with one attached hydrogen (secondary N) is 1. The molecule has 2 aromatic carbocycles. The highest BCUT2D eigenvalue weighted by Gasteiger charge is 2.21. The molecule has 0 spiro atoms. The molecule has 0 aliphatic rings. The largest absolute Gasteiger partial charge is 0.495 e. The van der Waals surface area contributed by atoms with Crippen LogP contribution in [0.3, 0.4) is 0 Å². The number of halogens is 1. The van der Waals surface area contributed by atoms with Gasteiger partial charge in [-0.05, 0) is 53.2 Å². The van der Waals surface area contributed by atoms with E-state index in [2.05, 4.69) is 46.4 Å². The van der Waals surface area contributed by atoms with Crippen molar-refractivity contribution >= 4 is 15.9 Å². The Morgan fingerprint density at radius 1 is 1.00 bits per heavy atom. The third kappa shape index (κ3) is 3.06. The van der Waals surface area contributed by atoms with Gasteiger partial charge in [0.05, 0.1) is 20.3 Å². The van der Waals surface area contributed by atoms with Crippen LogP contribution in [0.4, 0.5) is 0 Å². The minimum absolute atomic E-state index is 0.0587. The lowest BCUT2D eigenvalue weighted by Gasteiger charge is -2.23. The Balaban J connectivity index is 2.58. The Kier molecular flexibility index (Phi) is 5.26. The average Bonchev–Trinajstić information content (AvgIpc) is 2.50. The van der Waals surface area contributed by atoms with E-state index in [0.717, 1.165) is 21.5 Å². The second kappa shape index (κ2) is 6.96. The van der Waals surface area contributed by atoms with E-state index < -0.39 is 0 Å². The molecule has 0 bridgehead atoms. The number of rotatable bonds is 5. The summed E-state index contributed by atoms with van der Waals surface area (Å²) in [5.74, 6) is 1.55. The molecule has 4 heteroatoms. The van der Waals surface area contributed by atoms with Crippen LogP contribution in [0.2, 0.25) is 0 Å². The maximum Gasteiger partial charge on any atom is 0.141 e. The van der Waals surface area contributed by atoms with Gasteiger partial charge in [-0.3, -0.25) is 0 Å². The highest BCUT2D eigenvalue weighted by atomic mass is 79.9. The summed E-state index contributed by atoms with van der Waals surface area (Å²) < 4.78 is 11.8. The summed E-state index contributed by atoms with van der Waals surface area (Å²) in [7, 11) is 5.28. The lowest BCUT2D eigenvalue weighted by atomic mass is 9.94. The number of ether oxygens (including phenoxy) is 2. The van der Waals surface area contributed by atoms with Crippen molar-refractivity contribution in [1.82, 2.24) is 5.32 Å². The third-order valence-corrected chi connectivity index (χ3v) is 4.37. The van der Waals surface area contributed by atoms with Crippen LogP contribution in [0, 0.1) is 6.92 Å². The molecule has 0 radical (unpaired) electrons. The van der Waals surface area contributed by atoms with Gasteiger partial charge in [0, 0.05) is 5.56 Å². The van der Waals surface area contributed by atoms with Crippen molar-refractivity contribution in [1.29, 1.82) is 0 Å². The van der Waals surface area contributed by atoms with Gasteiger partial charge < -0.3 is 14.8 Å². The van der Waals surface area contributed by atoms with Crippen LogP contribution in [0.5, 0.6) is 11.5 Å². The number of methoxy groups -OCH3 is 2. The van der Waals surface area contributed by atoms with Crippen molar-refractivity contribution in [2.75, 3.05) is 21.3 Å². The fraction of sp³-hybridized carbons (Fsp3) is 0.294. The Bertz CT molecular complexity index is 628. The van der Waals surface area contributed by atoms with E-state index >= 15 is 0 Å². The topological polar surface area (TPSA) is 30.5 Å². The monoisotopic (exact) mass is 349 g/mol. The molecule has 0 fully saturated rings. The summed E-state index contributed by atoms with van der Waals surface area (Å²) in [4.78, 5) is 0. The zero-order valence-corrected chi connectivity index (χ0v) is 14.3. The molecule has 1 atom stereocenters. The van der Waals surface area contributed by atoms with E-state index in [0.29, 0.717) is 0 Å². The first-order chi connectivity index (χ1) is 10.1. The molecule has 0 aromatic heterocycles. The van der Waals surface area contributed by atoms with Crippen molar-refractivity contribution in [3.8, 4) is 11.5 Å². The highest BCUT2D eigenvalue weighted by molar-refractivity contribution is 9.10. The third-order valence-electron chi connectivity index (χ3n) is 3.62. The van der Waals surface area contributed by atoms with Crippen molar-refractivity contribution in [2.24, 2.45) is 0 Å². The first kappa shape index (κ1) is 15.9. The number of hydrogen-bond acceptors (Lipinski definition) is 3. The van der Waals surface area contributed by atoms with Crippen LogP contribution in [0.25, 0.3) is 0 Å². The Hall–Kier alpha value is -1.52. The van der Waals surface area contributed by atoms with Gasteiger partial charge in [-0.25, -0.2) is 0 Å². The molecule has 0 saturated carbocycles. The molecule has 0 amide bonds. The summed E-state index contributed by atoms with van der Waals surface area (Å²) in [6, 6.07) is 12.4. The Morgan fingerprint density at radius 3 is 2.29 bits per heavy atom. The highest BCUT2D eigenvalue weighted by Crippen LogP contribution is 2.41. The summed E-state index contributed by atoms with van der Waals surface area (Å²) >= 11 is 3.56. The second-order valence-corrected chi connectivity index (χ2v) is 5.58. The molecule has 3 nitrogen and oxygen atoms in total. The van der Waals surface area contributed by atoms with Crippen molar-refractivity contribution < 1.29 is 9.47 Å². The summed E-state index contributed by atoms with van der Waals surface area (Å²) in [6.07, 6.45) is 0. The molecular weight excluding hydrogens is 330 g/mol. The normalized spacial score (nSPS) is 12.0. The smallest absolute Gasteiger partial charge is 0.141 e. The van der Waals surface area contributed by atoms with E-state index in [1.807, 2.05) is 25.2 Å². The lowest BCUT2D eigenvalue weighted by Crippen LogP contribution is -2.19. The summed E-state index contributed by atoms with van der Waals surface area (Å²) in [5.41, 5.74) is 3.54. The minimum atomic E-state index is 0.0587. The van der Waals surface area contributed by atoms with E-state index in [1.54, 1.807) is 14.2 Å². The number of aryl methyl sites for hydroxylation is 1. The van der Waals surface area contributed by atoms with E-state index in [-0.39, 0.29) is 6.04 Å². The van der Waals surface area contributed by atoms with Crippen LogP contribution >= 0.6 is 15.9 Å². The SMILES string of the molecule is CNC(c1ccccc1C)c1ccc(OC)c(Br)c1OC. The number of hydrogen-bond donors (Lipinski definition) is 1. The number of benzene rings is 2. The van der Waals surface area contributed by atoms with E-state index in [9.17, 15) is 0 Å². The van der Waals surface area contributed by atoms with Gasteiger partial charge in [0.25, 0.3) is 0 Å². The van der Waals surface area contributed by atoms with Gasteiger partial charge in [0.1, 0.15) is 16.0 Å². The molecule has 0 aliphatic heterocycles. The molecule has 0 aliphatic carbocycles. The van der Waals surface area contributed by atoms with Crippen LogP contribution < -0.4 is 14.8 Å². The van der Waals surface area contributed by atoms with Crippen LogP contribution in [0.1, 0.15) is 22.7 Å². The minimum Gasteiger partial charge on any atom is -0.495 e. The summed E-state index contributed by atoms with van der Waals surface area (Å²) in [5, 5.41) is 3.37. The van der Waals surface area contributed by atoms with Crippen molar-refractivity contribution in [3.63, 3.8) is 0 Å². The quantitative estimate of drug-likeness (QED) is 0.881. The Morgan fingerprint density at radius 2 is 1.71 bits per heavy atom. The fourth-order valence-corrected chi connectivity index (χ4v) is 3.22. The fourth-order valence-electron chi connectivity index (χ4n) is 2.53. The molecule has 0 heterocycles. The lowest BCUT2D eigenvalue weighted by molar-refractivity contribution is 0.383. The molecule has 0 saturated heterocycles. The predicted molar refractivity (Wildman–Crippen MR) is 89.3 cm³/mol. The van der Waals surface area contributed by atoms with Gasteiger partial charge in [-0.2, -0.15) is 0 Å². The zero-order valence-electron chi connectivity index (χ0n) is 12.7. The zero-order chi connectivity index (χ0) is 15.4. The molecule has 1 unspecified atom stereocenters. The van der Waals surface area contributed by atoms with Gasteiger partial charge in [-0.15, -0.1) is 0 Å². The maximum absolute atomic E-state index is 5.60. The van der Waals surface area contributed by atoms with Gasteiger partial charge in [-0.1, -0.05) is 24.3 Å². The van der Waals surface area contributed by atoms with Gasteiger partial charge >= 0.3 is 0 Å². The van der Waals surface area contributed by atoms with Crippen molar-refractivity contribution in [2.45, 2.75) is 13.0 Å². The molecule has 112 valence electrons. The van der Waals surface area contributed by atoms with Gasteiger partial charge in [0.15, 0.2) is 0 Å². The van der Waals surface area contributed by atoms with Crippen LogP contribution in [0.15, 0.2) is 40.9 Å². The van der Waals surface area contributed by atoms with Gasteiger partial charge in [0.2, 0.25) is 0 Å². The predicted octanol–water partition coefficient (Wildman–Crippen LogP) is 4.08. The second-order valence-electron chi connectivity index (χ2n) is 4.78. The molecule has 2 rings (SSSR count). The van der Waals surface area contributed by atoms with Crippen LogP contribution in [-0.4, -0.2) is 21.3 Å². The summed E-state index contributed by atoms with van der Waals surface area (Å²) in [6.45, 7) is 2.12. The standard InChI is InChI=1S/C17H20BrNO2/c1-11-7-5-6-8-12(11)16(19-2)13-9-10-14(20-3)15(18)17(13)21-4/h5-10,16,19H,1-4H3. The maximum atomic E-state index is 5.60. The van der Waals surface area contributed by atoms with E-state index in [1.165, 1.54) is 11.1 Å². The molecule has 1 N–H and O–H groups in total. The van der Waals surface area contributed by atoms with Crippen molar-refractivity contribution in [3.05, 3.63) is 57.6 Å². The van der Waals surface area contributed by atoms with Crippen LogP contribution in [-0.2, 0) is 0 Å². The van der Waals surface area contributed by atoms with E-state index in [4.69, 9.17) is 9.47 Å².